The molecule has 7 heteroatoms. The predicted molar refractivity (Wildman–Crippen MR) is 118 cm³/mol. The average Bonchev–Trinajstić information content (AvgIpc) is 3.01. The summed E-state index contributed by atoms with van der Waals surface area (Å²) in [5.41, 5.74) is 1.17. The highest BCUT2D eigenvalue weighted by Crippen LogP contribution is 2.34. The van der Waals surface area contributed by atoms with Crippen LogP contribution in [0.25, 0.3) is 5.57 Å². The van der Waals surface area contributed by atoms with E-state index in [0.717, 1.165) is 17.0 Å². The van der Waals surface area contributed by atoms with Gasteiger partial charge in [-0.3, -0.25) is 9.59 Å². The third-order valence-electron chi connectivity index (χ3n) is 4.80. The molecule has 1 N–H and O–H groups in total. The van der Waals surface area contributed by atoms with Crippen LogP contribution in [0.15, 0.2) is 78.5 Å². The zero-order valence-corrected chi connectivity index (χ0v) is 17.4. The van der Waals surface area contributed by atoms with E-state index in [1.165, 1.54) is 6.07 Å². The van der Waals surface area contributed by atoms with Gasteiger partial charge in [-0.25, -0.2) is 13.7 Å². The van der Waals surface area contributed by atoms with E-state index < -0.39 is 23.4 Å². The van der Waals surface area contributed by atoms with Crippen LogP contribution in [0.1, 0.15) is 19.4 Å². The number of hydrogen-bond donors (Lipinski definition) is 1. The van der Waals surface area contributed by atoms with Crippen molar-refractivity contribution in [3.8, 4) is 5.75 Å². The van der Waals surface area contributed by atoms with Crippen LogP contribution in [0.4, 0.5) is 20.2 Å². The molecule has 0 aromatic heterocycles. The number of hydrogen-bond acceptors (Lipinski definition) is 4. The third kappa shape index (κ3) is 4.09. The second-order valence-electron chi connectivity index (χ2n) is 7.48. The minimum atomic E-state index is -1.06. The number of rotatable bonds is 6. The number of amides is 2. The van der Waals surface area contributed by atoms with Gasteiger partial charge < -0.3 is 10.1 Å². The molecule has 0 bridgehead atoms. The number of carbonyl (C=O) groups excluding carboxylic acids is 2. The number of ether oxygens (including phenoxy) is 1. The number of anilines is 2. The van der Waals surface area contributed by atoms with E-state index in [1.807, 2.05) is 13.8 Å². The molecular formula is C25H20F2N2O3. The van der Waals surface area contributed by atoms with Gasteiger partial charge in [0, 0.05) is 11.8 Å². The summed E-state index contributed by atoms with van der Waals surface area (Å²) in [6.45, 7) is 3.79. The lowest BCUT2D eigenvalue weighted by Gasteiger charge is -2.17. The van der Waals surface area contributed by atoms with Crippen molar-refractivity contribution in [1.82, 2.24) is 0 Å². The average molecular weight is 434 g/mol. The zero-order chi connectivity index (χ0) is 22.8. The molecule has 1 heterocycles. The Labute approximate surface area is 183 Å². The quantitative estimate of drug-likeness (QED) is 0.546. The first-order valence-corrected chi connectivity index (χ1v) is 10.0. The number of benzene rings is 3. The van der Waals surface area contributed by atoms with Gasteiger partial charge in [0.15, 0.2) is 11.6 Å². The monoisotopic (exact) mass is 434 g/mol. The minimum Gasteiger partial charge on any atom is -0.491 e. The Bertz CT molecular complexity index is 1210. The molecule has 4 rings (SSSR count). The summed E-state index contributed by atoms with van der Waals surface area (Å²) in [5, 5.41) is 2.81. The standard InChI is InChI=1S/C25H20F2N2O3/c1-15(2)32-19-11-9-18(10-12-19)29-24(30)22(16-6-4-3-5-7-16)23(25(29)31)28-17-8-13-20(26)21(27)14-17/h3-15,28H,1-2H3. The van der Waals surface area contributed by atoms with Gasteiger partial charge in [0.25, 0.3) is 11.8 Å². The maximum atomic E-state index is 13.7. The summed E-state index contributed by atoms with van der Waals surface area (Å²) >= 11 is 0. The topological polar surface area (TPSA) is 58.6 Å². The van der Waals surface area contributed by atoms with Gasteiger partial charge in [-0.05, 0) is 55.8 Å². The molecular weight excluding hydrogens is 414 g/mol. The van der Waals surface area contributed by atoms with Crippen LogP contribution >= 0.6 is 0 Å². The van der Waals surface area contributed by atoms with Gasteiger partial charge >= 0.3 is 0 Å². The van der Waals surface area contributed by atoms with Crippen LogP contribution in [0, 0.1) is 11.6 Å². The van der Waals surface area contributed by atoms with Crippen molar-refractivity contribution in [2.75, 3.05) is 10.2 Å². The largest absolute Gasteiger partial charge is 0.491 e. The molecule has 0 aliphatic carbocycles. The van der Waals surface area contributed by atoms with E-state index in [0.29, 0.717) is 17.0 Å². The lowest BCUT2D eigenvalue weighted by atomic mass is 10.0. The second kappa shape index (κ2) is 8.63. The summed E-state index contributed by atoms with van der Waals surface area (Å²) in [6.07, 6.45) is -0.0193. The SMILES string of the molecule is CC(C)Oc1ccc(N2C(=O)C(Nc3ccc(F)c(F)c3)=C(c3ccccc3)C2=O)cc1. The normalized spacial score (nSPS) is 13.8. The minimum absolute atomic E-state index is 0.0188. The van der Waals surface area contributed by atoms with Gasteiger partial charge in [0.1, 0.15) is 11.4 Å². The van der Waals surface area contributed by atoms with Crippen molar-refractivity contribution in [2.24, 2.45) is 0 Å². The zero-order valence-electron chi connectivity index (χ0n) is 17.4. The van der Waals surface area contributed by atoms with E-state index in [-0.39, 0.29) is 23.1 Å². The molecule has 5 nitrogen and oxygen atoms in total. The molecule has 0 saturated carbocycles. The molecule has 32 heavy (non-hydrogen) atoms. The van der Waals surface area contributed by atoms with E-state index >= 15 is 0 Å². The van der Waals surface area contributed by atoms with Crippen LogP contribution in [-0.4, -0.2) is 17.9 Å². The third-order valence-corrected chi connectivity index (χ3v) is 4.80. The maximum absolute atomic E-state index is 13.7. The first-order valence-electron chi connectivity index (χ1n) is 10.0. The molecule has 0 fully saturated rings. The molecule has 3 aromatic rings. The number of carbonyl (C=O) groups is 2. The van der Waals surface area contributed by atoms with Crippen LogP contribution in [0.5, 0.6) is 5.75 Å². The Kier molecular flexibility index (Phi) is 5.73. The summed E-state index contributed by atoms with van der Waals surface area (Å²) in [5.74, 6) is -2.59. The van der Waals surface area contributed by atoms with Crippen molar-refractivity contribution in [2.45, 2.75) is 20.0 Å². The summed E-state index contributed by atoms with van der Waals surface area (Å²) in [6, 6.07) is 18.5. The summed E-state index contributed by atoms with van der Waals surface area (Å²) < 4.78 is 32.7. The van der Waals surface area contributed by atoms with Crippen LogP contribution in [0.3, 0.4) is 0 Å². The molecule has 0 unspecified atom stereocenters. The molecule has 1 aliphatic heterocycles. The van der Waals surface area contributed by atoms with Gasteiger partial charge in [-0.2, -0.15) is 0 Å². The van der Waals surface area contributed by atoms with Crippen molar-refractivity contribution in [3.05, 3.63) is 95.7 Å². The van der Waals surface area contributed by atoms with E-state index in [9.17, 15) is 18.4 Å². The van der Waals surface area contributed by atoms with Crippen molar-refractivity contribution < 1.29 is 23.1 Å². The lowest BCUT2D eigenvalue weighted by Crippen LogP contribution is -2.32. The van der Waals surface area contributed by atoms with Gasteiger partial charge in [0.2, 0.25) is 0 Å². The predicted octanol–water partition coefficient (Wildman–Crippen LogP) is 5.15. The van der Waals surface area contributed by atoms with Gasteiger partial charge in [0.05, 0.1) is 17.4 Å². The highest BCUT2D eigenvalue weighted by molar-refractivity contribution is 6.46. The van der Waals surface area contributed by atoms with Gasteiger partial charge in [-0.15, -0.1) is 0 Å². The second-order valence-corrected chi connectivity index (χ2v) is 7.48. The van der Waals surface area contributed by atoms with E-state index in [4.69, 9.17) is 4.74 Å². The Hall–Kier alpha value is -4.00. The maximum Gasteiger partial charge on any atom is 0.282 e. The number of nitrogens with zero attached hydrogens (tertiary/aromatic N) is 1. The highest BCUT2D eigenvalue weighted by atomic mass is 19.2. The molecule has 0 spiro atoms. The Balaban J connectivity index is 1.74. The Morgan fingerprint density at radius 3 is 2.16 bits per heavy atom. The van der Waals surface area contributed by atoms with Crippen LogP contribution in [0.2, 0.25) is 0 Å². The summed E-state index contributed by atoms with van der Waals surface area (Å²) in [7, 11) is 0. The fraction of sp³-hybridized carbons (Fsp3) is 0.120. The van der Waals surface area contributed by atoms with Crippen molar-refractivity contribution in [1.29, 1.82) is 0 Å². The first kappa shape index (κ1) is 21.2. The molecule has 3 aromatic carbocycles. The molecule has 0 atom stereocenters. The smallest absolute Gasteiger partial charge is 0.282 e. The van der Waals surface area contributed by atoms with Crippen LogP contribution < -0.4 is 15.0 Å². The summed E-state index contributed by atoms with van der Waals surface area (Å²) in [4.78, 5) is 27.7. The number of imide groups is 1. The molecule has 0 saturated heterocycles. The molecule has 0 radical (unpaired) electrons. The highest BCUT2D eigenvalue weighted by Gasteiger charge is 2.40. The van der Waals surface area contributed by atoms with Gasteiger partial charge in [-0.1, -0.05) is 30.3 Å². The van der Waals surface area contributed by atoms with Crippen molar-refractivity contribution >= 4 is 28.8 Å². The number of nitrogens with one attached hydrogen (secondary N) is 1. The van der Waals surface area contributed by atoms with Crippen molar-refractivity contribution in [3.63, 3.8) is 0 Å². The lowest BCUT2D eigenvalue weighted by molar-refractivity contribution is -0.120. The van der Waals surface area contributed by atoms with E-state index in [1.54, 1.807) is 54.6 Å². The van der Waals surface area contributed by atoms with Crippen LogP contribution in [-0.2, 0) is 9.59 Å². The Morgan fingerprint density at radius 2 is 1.53 bits per heavy atom. The first-order chi connectivity index (χ1) is 15.3. The fourth-order valence-corrected chi connectivity index (χ4v) is 3.42. The molecule has 1 aliphatic rings. The fourth-order valence-electron chi connectivity index (χ4n) is 3.42. The molecule has 162 valence electrons. The Morgan fingerprint density at radius 1 is 0.844 bits per heavy atom. The van der Waals surface area contributed by atoms with E-state index in [2.05, 4.69) is 5.32 Å². The molecule has 2 amide bonds. The number of halogens is 2.